The van der Waals surface area contributed by atoms with E-state index < -0.39 is 0 Å². The van der Waals surface area contributed by atoms with E-state index >= 15 is 0 Å². The summed E-state index contributed by atoms with van der Waals surface area (Å²) in [6, 6.07) is 7.71. The number of methoxy groups -OCH3 is 1. The zero-order chi connectivity index (χ0) is 12.4. The molecule has 1 heterocycles. The van der Waals surface area contributed by atoms with Gasteiger partial charge in [-0.2, -0.15) is 0 Å². The maximum absolute atomic E-state index is 11.8. The Balaban J connectivity index is 2.30. The lowest BCUT2D eigenvalue weighted by atomic mass is 9.89. The second kappa shape index (κ2) is 5.07. The van der Waals surface area contributed by atoms with Crippen molar-refractivity contribution in [2.45, 2.75) is 5.92 Å². The van der Waals surface area contributed by atoms with Gasteiger partial charge in [0.05, 0.1) is 13.0 Å². The molecule has 0 aliphatic carbocycles. The van der Waals surface area contributed by atoms with Crippen LogP contribution in [0.5, 0.6) is 0 Å². The van der Waals surface area contributed by atoms with Gasteiger partial charge in [-0.15, -0.1) is 0 Å². The molecule has 0 amide bonds. The number of nitrogens with zero attached hydrogens (tertiary/aromatic N) is 1. The third-order valence-electron chi connectivity index (χ3n) is 3.31. The van der Waals surface area contributed by atoms with Crippen LogP contribution in [0.25, 0.3) is 0 Å². The second-order valence-electron chi connectivity index (χ2n) is 4.48. The average molecular weight is 254 g/mol. The van der Waals surface area contributed by atoms with Gasteiger partial charge in [0.15, 0.2) is 0 Å². The molecule has 0 saturated carbocycles. The van der Waals surface area contributed by atoms with Gasteiger partial charge in [0.2, 0.25) is 0 Å². The monoisotopic (exact) mass is 253 g/mol. The highest BCUT2D eigenvalue weighted by atomic mass is 35.5. The summed E-state index contributed by atoms with van der Waals surface area (Å²) >= 11 is 6.19. The largest absolute Gasteiger partial charge is 0.469 e. The van der Waals surface area contributed by atoms with Crippen molar-refractivity contribution in [2.24, 2.45) is 5.92 Å². The van der Waals surface area contributed by atoms with Crippen molar-refractivity contribution in [2.75, 3.05) is 27.2 Å². The van der Waals surface area contributed by atoms with Gasteiger partial charge in [-0.25, -0.2) is 0 Å². The minimum atomic E-state index is -0.153. The molecular weight excluding hydrogens is 238 g/mol. The lowest BCUT2D eigenvalue weighted by molar-refractivity contribution is -0.145. The zero-order valence-electron chi connectivity index (χ0n) is 10.0. The van der Waals surface area contributed by atoms with Crippen molar-refractivity contribution in [3.63, 3.8) is 0 Å². The molecule has 0 aromatic heterocycles. The Hall–Kier alpha value is -1.06. The van der Waals surface area contributed by atoms with E-state index in [1.807, 2.05) is 31.3 Å². The summed E-state index contributed by atoms with van der Waals surface area (Å²) in [5.41, 5.74) is 1.04. The average Bonchev–Trinajstić information content (AvgIpc) is 2.71. The van der Waals surface area contributed by atoms with E-state index in [1.165, 1.54) is 7.11 Å². The summed E-state index contributed by atoms with van der Waals surface area (Å²) in [6.07, 6.45) is 0. The first-order chi connectivity index (χ1) is 8.13. The maximum Gasteiger partial charge on any atom is 0.310 e. The maximum atomic E-state index is 11.8. The van der Waals surface area contributed by atoms with Gasteiger partial charge in [-0.1, -0.05) is 29.8 Å². The zero-order valence-corrected chi connectivity index (χ0v) is 10.8. The summed E-state index contributed by atoms with van der Waals surface area (Å²) < 4.78 is 4.87. The lowest BCUT2D eigenvalue weighted by Crippen LogP contribution is -2.23. The van der Waals surface area contributed by atoms with Crippen LogP contribution in [0.15, 0.2) is 24.3 Å². The number of hydrogen-bond donors (Lipinski definition) is 0. The summed E-state index contributed by atoms with van der Waals surface area (Å²) in [6.45, 7) is 1.56. The molecule has 2 rings (SSSR count). The Morgan fingerprint density at radius 2 is 2.12 bits per heavy atom. The van der Waals surface area contributed by atoms with Gasteiger partial charge in [-0.05, 0) is 18.7 Å². The van der Waals surface area contributed by atoms with Crippen LogP contribution in [-0.4, -0.2) is 38.1 Å². The summed E-state index contributed by atoms with van der Waals surface area (Å²) in [5.74, 6) is -0.148. The highest BCUT2D eigenvalue weighted by Gasteiger charge is 2.38. The minimum Gasteiger partial charge on any atom is -0.469 e. The van der Waals surface area contributed by atoms with Crippen LogP contribution in [0.1, 0.15) is 11.5 Å². The van der Waals surface area contributed by atoms with E-state index in [0.29, 0.717) is 0 Å². The number of likely N-dealkylation sites (tertiary alicyclic amines) is 1. The van der Waals surface area contributed by atoms with E-state index in [4.69, 9.17) is 16.3 Å². The van der Waals surface area contributed by atoms with E-state index in [2.05, 4.69) is 4.90 Å². The third kappa shape index (κ3) is 2.45. The molecule has 1 aromatic rings. The standard InChI is InChI=1S/C13H16ClNO2/c1-15-7-10(11(8-15)13(16)17-2)9-5-3-4-6-12(9)14/h3-6,10-11H,7-8H2,1-2H3/t10-,11+/m1/s1. The number of esters is 1. The molecule has 92 valence electrons. The number of carbonyl (C=O) groups excluding carboxylic acids is 1. The van der Waals surface area contributed by atoms with Crippen molar-refractivity contribution in [3.8, 4) is 0 Å². The number of halogens is 1. The molecule has 1 aliphatic rings. The summed E-state index contributed by atoms with van der Waals surface area (Å²) in [7, 11) is 3.44. The molecule has 17 heavy (non-hydrogen) atoms. The van der Waals surface area contributed by atoms with Crippen molar-refractivity contribution in [3.05, 3.63) is 34.9 Å². The van der Waals surface area contributed by atoms with Crippen LogP contribution in [-0.2, 0) is 9.53 Å². The Morgan fingerprint density at radius 3 is 2.76 bits per heavy atom. The van der Waals surface area contributed by atoms with Crippen LogP contribution < -0.4 is 0 Å². The lowest BCUT2D eigenvalue weighted by Gasteiger charge is -2.17. The topological polar surface area (TPSA) is 29.5 Å². The molecular formula is C13H16ClNO2. The highest BCUT2D eigenvalue weighted by molar-refractivity contribution is 6.31. The molecule has 1 aromatic carbocycles. The molecule has 0 radical (unpaired) electrons. The van der Waals surface area contributed by atoms with Crippen molar-refractivity contribution >= 4 is 17.6 Å². The highest BCUT2D eigenvalue weighted by Crippen LogP contribution is 2.36. The van der Waals surface area contributed by atoms with E-state index in [-0.39, 0.29) is 17.8 Å². The number of rotatable bonds is 2. The molecule has 0 unspecified atom stereocenters. The number of benzene rings is 1. The minimum absolute atomic E-state index is 0.120. The number of likely N-dealkylation sites (N-methyl/N-ethyl adjacent to an activating group) is 1. The quantitative estimate of drug-likeness (QED) is 0.757. The molecule has 0 bridgehead atoms. The van der Waals surface area contributed by atoms with E-state index in [1.54, 1.807) is 0 Å². The van der Waals surface area contributed by atoms with Gasteiger partial charge in [0.1, 0.15) is 0 Å². The number of ether oxygens (including phenoxy) is 1. The van der Waals surface area contributed by atoms with Crippen LogP contribution in [0.4, 0.5) is 0 Å². The first-order valence-corrected chi connectivity index (χ1v) is 6.02. The predicted octanol–water partition coefficient (Wildman–Crippen LogP) is 2.16. The molecule has 4 heteroatoms. The van der Waals surface area contributed by atoms with Crippen LogP contribution >= 0.6 is 11.6 Å². The fraction of sp³-hybridized carbons (Fsp3) is 0.462. The second-order valence-corrected chi connectivity index (χ2v) is 4.89. The summed E-state index contributed by atoms with van der Waals surface area (Å²) in [5, 5.41) is 0.724. The Morgan fingerprint density at radius 1 is 1.41 bits per heavy atom. The normalized spacial score (nSPS) is 24.9. The number of carbonyl (C=O) groups is 1. The van der Waals surface area contributed by atoms with E-state index in [9.17, 15) is 4.79 Å². The van der Waals surface area contributed by atoms with Gasteiger partial charge in [-0.3, -0.25) is 4.79 Å². The summed E-state index contributed by atoms with van der Waals surface area (Å²) in [4.78, 5) is 13.9. The van der Waals surface area contributed by atoms with Gasteiger partial charge < -0.3 is 9.64 Å². The predicted molar refractivity (Wildman–Crippen MR) is 67.2 cm³/mol. The Kier molecular flexibility index (Phi) is 3.69. The molecule has 3 nitrogen and oxygen atoms in total. The van der Waals surface area contributed by atoms with Gasteiger partial charge in [0.25, 0.3) is 0 Å². The van der Waals surface area contributed by atoms with Crippen molar-refractivity contribution in [1.82, 2.24) is 4.90 Å². The fourth-order valence-corrected chi connectivity index (χ4v) is 2.76. The molecule has 0 spiro atoms. The SMILES string of the molecule is COC(=O)[C@H]1CN(C)C[C@@H]1c1ccccc1Cl. The molecule has 0 N–H and O–H groups in total. The fourth-order valence-electron chi connectivity index (χ4n) is 2.48. The molecule has 1 aliphatic heterocycles. The Labute approximate surface area is 106 Å². The first-order valence-electron chi connectivity index (χ1n) is 5.64. The Bertz CT molecular complexity index is 422. The third-order valence-corrected chi connectivity index (χ3v) is 3.66. The molecule has 1 fully saturated rings. The van der Waals surface area contributed by atoms with Crippen LogP contribution in [0.2, 0.25) is 5.02 Å². The smallest absolute Gasteiger partial charge is 0.310 e. The van der Waals surface area contributed by atoms with Crippen molar-refractivity contribution < 1.29 is 9.53 Å². The molecule has 2 atom stereocenters. The van der Waals surface area contributed by atoms with Gasteiger partial charge >= 0.3 is 5.97 Å². The van der Waals surface area contributed by atoms with Crippen LogP contribution in [0, 0.1) is 5.92 Å². The van der Waals surface area contributed by atoms with Crippen molar-refractivity contribution in [1.29, 1.82) is 0 Å². The van der Waals surface area contributed by atoms with Gasteiger partial charge in [0, 0.05) is 24.0 Å². The number of hydrogen-bond acceptors (Lipinski definition) is 3. The van der Waals surface area contributed by atoms with E-state index in [0.717, 1.165) is 23.7 Å². The van der Waals surface area contributed by atoms with Crippen LogP contribution in [0.3, 0.4) is 0 Å². The molecule has 1 saturated heterocycles. The first kappa shape index (κ1) is 12.4.